The summed E-state index contributed by atoms with van der Waals surface area (Å²) in [5.41, 5.74) is 2.69. The van der Waals surface area contributed by atoms with E-state index >= 15 is 0 Å². The second-order valence-electron chi connectivity index (χ2n) is 6.87. The molecule has 3 aromatic rings. The van der Waals surface area contributed by atoms with Gasteiger partial charge in [0.05, 0.1) is 6.54 Å². The van der Waals surface area contributed by atoms with Gasteiger partial charge in [-0.3, -0.25) is 4.90 Å². The van der Waals surface area contributed by atoms with Crippen LogP contribution in [0.4, 0.5) is 0 Å². The van der Waals surface area contributed by atoms with Crippen molar-refractivity contribution in [2.45, 2.75) is 45.3 Å². The third kappa shape index (κ3) is 3.37. The summed E-state index contributed by atoms with van der Waals surface area (Å²) < 4.78 is 7.45. The SMILES string of the molecule is CCc1ccc2oc(=O)cc(CN(Cc3nccn3C)C3CC3)c2c1. The summed E-state index contributed by atoms with van der Waals surface area (Å²) in [5, 5.41) is 1.05. The van der Waals surface area contributed by atoms with Gasteiger partial charge in [-0.05, 0) is 42.5 Å². The predicted octanol–water partition coefficient (Wildman–Crippen LogP) is 3.25. The number of aromatic nitrogens is 2. The number of benzene rings is 1. The van der Waals surface area contributed by atoms with E-state index in [0.717, 1.165) is 36.3 Å². The highest BCUT2D eigenvalue weighted by Gasteiger charge is 2.30. The monoisotopic (exact) mass is 337 g/mol. The summed E-state index contributed by atoms with van der Waals surface area (Å²) in [7, 11) is 2.02. The fourth-order valence-corrected chi connectivity index (χ4v) is 3.33. The van der Waals surface area contributed by atoms with Crippen LogP contribution in [0.25, 0.3) is 11.0 Å². The maximum Gasteiger partial charge on any atom is 0.336 e. The van der Waals surface area contributed by atoms with E-state index in [-0.39, 0.29) is 5.63 Å². The minimum absolute atomic E-state index is 0.278. The van der Waals surface area contributed by atoms with Crippen LogP contribution in [0.3, 0.4) is 0 Å². The van der Waals surface area contributed by atoms with Crippen LogP contribution in [-0.4, -0.2) is 20.5 Å². The van der Waals surface area contributed by atoms with E-state index in [9.17, 15) is 4.79 Å². The van der Waals surface area contributed by atoms with Crippen LogP contribution in [-0.2, 0) is 26.6 Å². The molecular formula is C20H23N3O2. The van der Waals surface area contributed by atoms with Gasteiger partial charge in [0.25, 0.3) is 0 Å². The highest BCUT2D eigenvalue weighted by molar-refractivity contribution is 5.80. The van der Waals surface area contributed by atoms with Crippen molar-refractivity contribution in [3.8, 4) is 0 Å². The second-order valence-corrected chi connectivity index (χ2v) is 6.87. The Morgan fingerprint density at radius 2 is 2.12 bits per heavy atom. The van der Waals surface area contributed by atoms with Crippen molar-refractivity contribution in [1.82, 2.24) is 14.5 Å². The van der Waals surface area contributed by atoms with E-state index in [1.807, 2.05) is 31.6 Å². The summed E-state index contributed by atoms with van der Waals surface area (Å²) in [6.07, 6.45) is 7.20. The Kier molecular flexibility index (Phi) is 4.17. The molecule has 1 aromatic carbocycles. The molecule has 0 aliphatic heterocycles. The lowest BCUT2D eigenvalue weighted by Crippen LogP contribution is -2.27. The van der Waals surface area contributed by atoms with E-state index < -0.39 is 0 Å². The van der Waals surface area contributed by atoms with Crippen molar-refractivity contribution in [2.75, 3.05) is 0 Å². The highest BCUT2D eigenvalue weighted by Crippen LogP contribution is 2.31. The van der Waals surface area contributed by atoms with E-state index in [1.165, 1.54) is 18.4 Å². The Morgan fingerprint density at radius 1 is 1.28 bits per heavy atom. The zero-order chi connectivity index (χ0) is 17.4. The topological polar surface area (TPSA) is 51.3 Å². The average molecular weight is 337 g/mol. The van der Waals surface area contributed by atoms with Crippen LogP contribution < -0.4 is 5.63 Å². The first-order chi connectivity index (χ1) is 12.1. The summed E-state index contributed by atoms with van der Waals surface area (Å²) in [6, 6.07) is 8.32. The maximum absolute atomic E-state index is 12.0. The fourth-order valence-electron chi connectivity index (χ4n) is 3.33. The van der Waals surface area contributed by atoms with E-state index in [1.54, 1.807) is 6.07 Å². The van der Waals surface area contributed by atoms with Gasteiger partial charge < -0.3 is 8.98 Å². The number of hydrogen-bond donors (Lipinski definition) is 0. The smallest absolute Gasteiger partial charge is 0.336 e. The Labute approximate surface area is 146 Å². The van der Waals surface area contributed by atoms with Gasteiger partial charge in [0.15, 0.2) is 0 Å². The molecule has 1 fully saturated rings. The van der Waals surface area contributed by atoms with Crippen molar-refractivity contribution >= 4 is 11.0 Å². The van der Waals surface area contributed by atoms with Crippen LogP contribution >= 0.6 is 0 Å². The quantitative estimate of drug-likeness (QED) is 0.648. The summed E-state index contributed by atoms with van der Waals surface area (Å²) in [5.74, 6) is 1.05. The van der Waals surface area contributed by atoms with E-state index in [4.69, 9.17) is 4.42 Å². The first-order valence-corrected chi connectivity index (χ1v) is 8.90. The number of hydrogen-bond acceptors (Lipinski definition) is 4. The molecule has 2 heterocycles. The molecule has 4 rings (SSSR count). The molecule has 5 heteroatoms. The van der Waals surface area contributed by atoms with E-state index in [0.29, 0.717) is 11.6 Å². The normalized spacial score (nSPS) is 14.5. The van der Waals surface area contributed by atoms with Crippen LogP contribution in [0.2, 0.25) is 0 Å². The predicted molar refractivity (Wildman–Crippen MR) is 97.3 cm³/mol. The molecule has 2 aromatic heterocycles. The number of imidazole rings is 1. The average Bonchev–Trinajstić information content (AvgIpc) is 3.37. The Hall–Kier alpha value is -2.40. The maximum atomic E-state index is 12.0. The lowest BCUT2D eigenvalue weighted by Gasteiger charge is -2.22. The number of nitrogens with zero attached hydrogens (tertiary/aromatic N) is 3. The van der Waals surface area contributed by atoms with Gasteiger partial charge >= 0.3 is 5.63 Å². The third-order valence-corrected chi connectivity index (χ3v) is 5.00. The molecule has 1 saturated carbocycles. The van der Waals surface area contributed by atoms with Gasteiger partial charge in [-0.1, -0.05) is 13.0 Å². The van der Waals surface area contributed by atoms with E-state index in [2.05, 4.69) is 27.4 Å². The minimum Gasteiger partial charge on any atom is -0.423 e. The molecule has 0 saturated heterocycles. The van der Waals surface area contributed by atoms with Crippen LogP contribution in [0.5, 0.6) is 0 Å². The molecule has 0 bridgehead atoms. The van der Waals surface area contributed by atoms with Crippen molar-refractivity contribution < 1.29 is 4.42 Å². The molecule has 0 unspecified atom stereocenters. The molecule has 0 spiro atoms. The Bertz CT molecular complexity index is 953. The first-order valence-electron chi connectivity index (χ1n) is 8.90. The van der Waals surface area contributed by atoms with Gasteiger partial charge in [0, 0.05) is 43.5 Å². The van der Waals surface area contributed by atoms with Gasteiger partial charge in [0.2, 0.25) is 0 Å². The Balaban J connectivity index is 1.70. The van der Waals surface area contributed by atoms with Crippen LogP contribution in [0.1, 0.15) is 36.7 Å². The van der Waals surface area contributed by atoms with Crippen molar-refractivity contribution in [2.24, 2.45) is 7.05 Å². The first kappa shape index (κ1) is 16.1. The zero-order valence-electron chi connectivity index (χ0n) is 14.7. The zero-order valence-corrected chi connectivity index (χ0v) is 14.7. The molecule has 0 N–H and O–H groups in total. The van der Waals surface area contributed by atoms with Crippen LogP contribution in [0, 0.1) is 0 Å². The van der Waals surface area contributed by atoms with Crippen molar-refractivity contribution in [3.63, 3.8) is 0 Å². The number of rotatable bonds is 6. The summed E-state index contributed by atoms with van der Waals surface area (Å²) >= 11 is 0. The molecule has 0 atom stereocenters. The molecule has 5 nitrogen and oxygen atoms in total. The summed E-state index contributed by atoms with van der Waals surface area (Å²) in [6.45, 7) is 3.67. The molecule has 1 aliphatic rings. The molecule has 1 aliphatic carbocycles. The van der Waals surface area contributed by atoms with Crippen LogP contribution in [0.15, 0.2) is 45.9 Å². The summed E-state index contributed by atoms with van der Waals surface area (Å²) in [4.78, 5) is 18.9. The molecule has 130 valence electrons. The molecule has 0 amide bonds. The third-order valence-electron chi connectivity index (χ3n) is 5.00. The van der Waals surface area contributed by atoms with Gasteiger partial charge in [-0.15, -0.1) is 0 Å². The largest absolute Gasteiger partial charge is 0.423 e. The fraction of sp³-hybridized carbons (Fsp3) is 0.400. The molecular weight excluding hydrogens is 314 g/mol. The number of aryl methyl sites for hydroxylation is 2. The van der Waals surface area contributed by atoms with Gasteiger partial charge in [0.1, 0.15) is 11.4 Å². The molecule has 25 heavy (non-hydrogen) atoms. The second kappa shape index (κ2) is 6.48. The lowest BCUT2D eigenvalue weighted by atomic mass is 10.0. The Morgan fingerprint density at radius 3 is 2.80 bits per heavy atom. The minimum atomic E-state index is -0.278. The lowest BCUT2D eigenvalue weighted by molar-refractivity contribution is 0.237. The molecule has 0 radical (unpaired) electrons. The standard InChI is InChI=1S/C20H23N3O2/c1-3-14-4-7-18-17(10-14)15(11-20(24)25-18)12-23(16-5-6-16)13-19-21-8-9-22(19)2/h4,7-11,16H,3,5-6,12-13H2,1-2H3. The van der Waals surface area contributed by atoms with Crippen molar-refractivity contribution in [1.29, 1.82) is 0 Å². The van der Waals surface area contributed by atoms with Crippen molar-refractivity contribution in [3.05, 3.63) is 64.0 Å². The highest BCUT2D eigenvalue weighted by atomic mass is 16.4. The van der Waals surface area contributed by atoms with Gasteiger partial charge in [-0.2, -0.15) is 0 Å². The van der Waals surface area contributed by atoms with Gasteiger partial charge in [-0.25, -0.2) is 9.78 Å². The number of fused-ring (bicyclic) bond motifs is 1.